The van der Waals surface area contributed by atoms with E-state index in [1.54, 1.807) is 32.6 Å². The smallest absolute Gasteiger partial charge is 0.270 e. The average molecular weight is 352 g/mol. The first-order valence-corrected chi connectivity index (χ1v) is 8.13. The minimum absolute atomic E-state index is 0.272. The molecule has 1 unspecified atom stereocenters. The Kier molecular flexibility index (Phi) is 5.17. The van der Waals surface area contributed by atoms with Gasteiger partial charge in [-0.1, -0.05) is 18.2 Å². The molecule has 1 aromatic carbocycles. The van der Waals surface area contributed by atoms with Gasteiger partial charge in [0.05, 0.1) is 13.4 Å². The van der Waals surface area contributed by atoms with Crippen molar-refractivity contribution in [2.75, 3.05) is 19.5 Å². The number of furan rings is 1. The highest BCUT2D eigenvalue weighted by molar-refractivity contribution is 5.93. The van der Waals surface area contributed by atoms with E-state index in [1.807, 2.05) is 37.3 Å². The van der Waals surface area contributed by atoms with Gasteiger partial charge >= 0.3 is 0 Å². The lowest BCUT2D eigenvalue weighted by molar-refractivity contribution is 0.0933. The standard InChI is InChI=1S/C19H20N4O3/c1-12-11-14(22-19(20-2)21-12)18(24)23-17(16-9-6-10-26-16)13-7-4-5-8-15(13)25-3/h4-11,17H,1-3H3,(H,23,24)(H,20,21,22). The van der Waals surface area contributed by atoms with Crippen LogP contribution in [0.1, 0.15) is 33.5 Å². The van der Waals surface area contributed by atoms with E-state index in [0.29, 0.717) is 23.2 Å². The van der Waals surface area contributed by atoms with E-state index in [9.17, 15) is 4.79 Å². The molecule has 26 heavy (non-hydrogen) atoms. The van der Waals surface area contributed by atoms with Crippen molar-refractivity contribution < 1.29 is 13.9 Å². The van der Waals surface area contributed by atoms with Crippen LogP contribution in [0.15, 0.2) is 53.1 Å². The van der Waals surface area contributed by atoms with Crippen LogP contribution < -0.4 is 15.4 Å². The number of aryl methyl sites for hydroxylation is 1. The molecule has 0 aliphatic carbocycles. The summed E-state index contributed by atoms with van der Waals surface area (Å²) in [4.78, 5) is 21.3. The Morgan fingerprint density at radius 1 is 1.19 bits per heavy atom. The lowest BCUT2D eigenvalue weighted by atomic mass is 10.0. The number of amides is 1. The van der Waals surface area contributed by atoms with E-state index in [4.69, 9.17) is 9.15 Å². The Morgan fingerprint density at radius 3 is 2.69 bits per heavy atom. The number of rotatable bonds is 6. The topological polar surface area (TPSA) is 89.3 Å². The quantitative estimate of drug-likeness (QED) is 0.709. The predicted molar refractivity (Wildman–Crippen MR) is 97.3 cm³/mol. The Balaban J connectivity index is 1.97. The van der Waals surface area contributed by atoms with Gasteiger partial charge in [-0.3, -0.25) is 4.79 Å². The molecule has 0 fully saturated rings. The van der Waals surface area contributed by atoms with Gasteiger partial charge in [-0.05, 0) is 31.2 Å². The van der Waals surface area contributed by atoms with E-state index in [1.165, 1.54) is 0 Å². The van der Waals surface area contributed by atoms with Crippen molar-refractivity contribution >= 4 is 11.9 Å². The number of aromatic nitrogens is 2. The molecule has 134 valence electrons. The summed E-state index contributed by atoms with van der Waals surface area (Å²) in [5.41, 5.74) is 1.76. The molecule has 7 heteroatoms. The second-order valence-corrected chi connectivity index (χ2v) is 5.63. The Labute approximate surface area is 151 Å². The highest BCUT2D eigenvalue weighted by Gasteiger charge is 2.24. The summed E-state index contributed by atoms with van der Waals surface area (Å²) in [6.45, 7) is 1.81. The van der Waals surface area contributed by atoms with Crippen LogP contribution >= 0.6 is 0 Å². The zero-order chi connectivity index (χ0) is 18.5. The largest absolute Gasteiger partial charge is 0.496 e. The fraction of sp³-hybridized carbons (Fsp3) is 0.211. The van der Waals surface area contributed by atoms with Crippen LogP contribution in [0, 0.1) is 6.92 Å². The molecule has 0 bridgehead atoms. The van der Waals surface area contributed by atoms with Crippen LogP contribution in [0.5, 0.6) is 5.75 Å². The van der Waals surface area contributed by atoms with Gasteiger partial charge in [-0.2, -0.15) is 0 Å². The Morgan fingerprint density at radius 2 is 2.00 bits per heavy atom. The van der Waals surface area contributed by atoms with Gasteiger partial charge < -0.3 is 19.8 Å². The van der Waals surface area contributed by atoms with Gasteiger partial charge in [0.15, 0.2) is 0 Å². The second-order valence-electron chi connectivity index (χ2n) is 5.63. The van der Waals surface area contributed by atoms with Crippen molar-refractivity contribution in [3.63, 3.8) is 0 Å². The zero-order valence-electron chi connectivity index (χ0n) is 14.8. The van der Waals surface area contributed by atoms with Crippen molar-refractivity contribution in [2.45, 2.75) is 13.0 Å². The molecule has 1 amide bonds. The van der Waals surface area contributed by atoms with Crippen LogP contribution in [0.4, 0.5) is 5.95 Å². The van der Waals surface area contributed by atoms with Crippen molar-refractivity contribution in [3.05, 3.63) is 71.4 Å². The summed E-state index contributed by atoms with van der Waals surface area (Å²) >= 11 is 0. The molecule has 0 aliphatic heterocycles. The first kappa shape index (κ1) is 17.5. The predicted octanol–water partition coefficient (Wildman–Crippen LogP) is 2.95. The summed E-state index contributed by atoms with van der Waals surface area (Å²) < 4.78 is 11.0. The highest BCUT2D eigenvalue weighted by Crippen LogP contribution is 2.30. The van der Waals surface area contributed by atoms with Crippen LogP contribution in [0.2, 0.25) is 0 Å². The number of methoxy groups -OCH3 is 1. The lowest BCUT2D eigenvalue weighted by Gasteiger charge is -2.19. The van der Waals surface area contributed by atoms with Gasteiger partial charge in [-0.25, -0.2) is 9.97 Å². The third-order valence-corrected chi connectivity index (χ3v) is 3.86. The third-order valence-electron chi connectivity index (χ3n) is 3.86. The molecule has 2 heterocycles. The Bertz CT molecular complexity index is 894. The van der Waals surface area contributed by atoms with Gasteiger partial charge in [-0.15, -0.1) is 0 Å². The summed E-state index contributed by atoms with van der Waals surface area (Å²) in [6, 6.07) is 12.2. The molecule has 0 saturated carbocycles. The molecule has 0 saturated heterocycles. The molecular formula is C19H20N4O3. The maximum absolute atomic E-state index is 12.8. The summed E-state index contributed by atoms with van der Waals surface area (Å²) in [6.07, 6.45) is 1.57. The fourth-order valence-corrected chi connectivity index (χ4v) is 2.66. The van der Waals surface area contributed by atoms with Gasteiger partial charge in [0.1, 0.15) is 23.2 Å². The minimum Gasteiger partial charge on any atom is -0.496 e. The number of nitrogens with one attached hydrogen (secondary N) is 2. The van der Waals surface area contributed by atoms with Crippen LogP contribution in [-0.2, 0) is 0 Å². The number of carbonyl (C=O) groups is 1. The summed E-state index contributed by atoms with van der Waals surface area (Å²) in [5.74, 6) is 1.31. The number of para-hydroxylation sites is 1. The molecule has 2 N–H and O–H groups in total. The average Bonchev–Trinajstić information content (AvgIpc) is 3.19. The van der Waals surface area contributed by atoms with Gasteiger partial charge in [0.2, 0.25) is 5.95 Å². The number of hydrogen-bond acceptors (Lipinski definition) is 6. The maximum Gasteiger partial charge on any atom is 0.270 e. The van der Waals surface area contributed by atoms with Crippen molar-refractivity contribution in [1.29, 1.82) is 0 Å². The summed E-state index contributed by atoms with van der Waals surface area (Å²) in [7, 11) is 3.30. The van der Waals surface area contributed by atoms with E-state index in [0.717, 1.165) is 5.56 Å². The molecule has 0 radical (unpaired) electrons. The molecule has 0 spiro atoms. The van der Waals surface area contributed by atoms with E-state index in [2.05, 4.69) is 20.6 Å². The van der Waals surface area contributed by atoms with Crippen molar-refractivity contribution in [2.24, 2.45) is 0 Å². The normalized spacial score (nSPS) is 11.7. The second kappa shape index (κ2) is 7.69. The zero-order valence-corrected chi connectivity index (χ0v) is 14.8. The van der Waals surface area contributed by atoms with Gasteiger partial charge in [0, 0.05) is 18.3 Å². The molecule has 7 nitrogen and oxygen atoms in total. The monoisotopic (exact) mass is 352 g/mol. The maximum atomic E-state index is 12.8. The van der Waals surface area contributed by atoms with Gasteiger partial charge in [0.25, 0.3) is 5.91 Å². The highest BCUT2D eigenvalue weighted by atomic mass is 16.5. The molecule has 2 aromatic heterocycles. The van der Waals surface area contributed by atoms with E-state index < -0.39 is 6.04 Å². The lowest BCUT2D eigenvalue weighted by Crippen LogP contribution is -2.30. The molecular weight excluding hydrogens is 332 g/mol. The minimum atomic E-state index is -0.512. The molecule has 3 aromatic rings. The number of anilines is 1. The fourth-order valence-electron chi connectivity index (χ4n) is 2.66. The first-order valence-electron chi connectivity index (χ1n) is 8.13. The number of carbonyl (C=O) groups excluding carboxylic acids is 1. The third kappa shape index (κ3) is 3.66. The number of nitrogens with zero attached hydrogens (tertiary/aromatic N) is 2. The van der Waals surface area contributed by atoms with Crippen LogP contribution in [0.25, 0.3) is 0 Å². The van der Waals surface area contributed by atoms with Crippen LogP contribution in [0.3, 0.4) is 0 Å². The number of hydrogen-bond donors (Lipinski definition) is 2. The molecule has 3 rings (SSSR count). The molecule has 1 atom stereocenters. The van der Waals surface area contributed by atoms with E-state index in [-0.39, 0.29) is 11.6 Å². The number of ether oxygens (including phenoxy) is 1. The van der Waals surface area contributed by atoms with E-state index >= 15 is 0 Å². The molecule has 0 aliphatic rings. The van der Waals surface area contributed by atoms with Crippen molar-refractivity contribution in [1.82, 2.24) is 15.3 Å². The van der Waals surface area contributed by atoms with Crippen LogP contribution in [-0.4, -0.2) is 30.0 Å². The number of benzene rings is 1. The SMILES string of the molecule is CNc1nc(C)cc(C(=O)NC(c2ccco2)c2ccccc2OC)n1. The summed E-state index contributed by atoms with van der Waals surface area (Å²) in [5, 5.41) is 5.83. The van der Waals surface area contributed by atoms with Crippen molar-refractivity contribution in [3.8, 4) is 5.75 Å². The Hall–Kier alpha value is -3.35. The first-order chi connectivity index (χ1) is 12.6.